The van der Waals surface area contributed by atoms with E-state index in [1.165, 1.54) is 22.7 Å². The van der Waals surface area contributed by atoms with E-state index < -0.39 is 0 Å². The van der Waals surface area contributed by atoms with Crippen LogP contribution in [0.1, 0.15) is 22.0 Å². The molecule has 0 spiro atoms. The highest BCUT2D eigenvalue weighted by atomic mass is 79.9. The maximum absolute atomic E-state index is 5.77. The molecule has 6 heteroatoms. The van der Waals surface area contributed by atoms with Crippen molar-refractivity contribution < 1.29 is 4.74 Å². The minimum atomic E-state index is 0.225. The third kappa shape index (κ3) is 2.66. The summed E-state index contributed by atoms with van der Waals surface area (Å²) in [7, 11) is 1.96. The molecule has 1 aliphatic rings. The molecule has 1 N–H and O–H groups in total. The van der Waals surface area contributed by atoms with Gasteiger partial charge in [-0.3, -0.25) is 0 Å². The zero-order valence-corrected chi connectivity index (χ0v) is 12.9. The topological polar surface area (TPSA) is 47.0 Å². The quantitative estimate of drug-likeness (QED) is 0.930. The van der Waals surface area contributed by atoms with Gasteiger partial charge >= 0.3 is 0 Å². The van der Waals surface area contributed by atoms with Crippen LogP contribution in [-0.2, 0) is 12.8 Å². The van der Waals surface area contributed by atoms with Gasteiger partial charge in [0.25, 0.3) is 0 Å². The molecule has 1 aromatic carbocycles. The van der Waals surface area contributed by atoms with Crippen LogP contribution in [-0.4, -0.2) is 23.2 Å². The standard InChI is InChI=1S/C13H14BrN3OS/c1-15-11(12-7-16-17-19-12)6-9-5-10(14)4-8-2-3-18-13(8)9/h4-5,7,11,15H,2-3,6H2,1H3. The predicted octanol–water partition coefficient (Wildman–Crippen LogP) is 2.74. The molecule has 0 saturated carbocycles. The van der Waals surface area contributed by atoms with E-state index in [0.29, 0.717) is 0 Å². The first-order valence-corrected chi connectivity index (χ1v) is 7.73. The zero-order valence-electron chi connectivity index (χ0n) is 10.5. The van der Waals surface area contributed by atoms with Gasteiger partial charge in [0.05, 0.1) is 17.7 Å². The lowest BCUT2D eigenvalue weighted by Crippen LogP contribution is -2.18. The predicted molar refractivity (Wildman–Crippen MR) is 78.8 cm³/mol. The van der Waals surface area contributed by atoms with Gasteiger partial charge in [0.2, 0.25) is 0 Å². The Morgan fingerprint density at radius 1 is 1.53 bits per heavy atom. The van der Waals surface area contributed by atoms with Crippen molar-refractivity contribution in [2.75, 3.05) is 13.7 Å². The number of fused-ring (bicyclic) bond motifs is 1. The van der Waals surface area contributed by atoms with Gasteiger partial charge in [-0.05, 0) is 48.3 Å². The molecule has 0 amide bonds. The molecule has 1 atom stereocenters. The van der Waals surface area contributed by atoms with Crippen molar-refractivity contribution in [3.63, 3.8) is 0 Å². The number of aromatic nitrogens is 2. The fourth-order valence-corrected chi connectivity index (χ4v) is 3.55. The van der Waals surface area contributed by atoms with Gasteiger partial charge in [0.15, 0.2) is 0 Å². The van der Waals surface area contributed by atoms with Gasteiger partial charge in [0, 0.05) is 16.9 Å². The van der Waals surface area contributed by atoms with Crippen molar-refractivity contribution in [3.05, 3.63) is 38.8 Å². The monoisotopic (exact) mass is 339 g/mol. The largest absolute Gasteiger partial charge is 0.493 e. The molecule has 1 aromatic heterocycles. The summed E-state index contributed by atoms with van der Waals surface area (Å²) < 4.78 is 10.8. The first-order valence-electron chi connectivity index (χ1n) is 6.16. The molecule has 3 rings (SSSR count). The minimum absolute atomic E-state index is 0.225. The summed E-state index contributed by atoms with van der Waals surface area (Å²) in [6, 6.07) is 4.51. The Morgan fingerprint density at radius 3 is 3.16 bits per heavy atom. The van der Waals surface area contributed by atoms with Crippen molar-refractivity contribution in [3.8, 4) is 5.75 Å². The number of rotatable bonds is 4. The second-order valence-electron chi connectivity index (χ2n) is 4.52. The minimum Gasteiger partial charge on any atom is -0.493 e. The summed E-state index contributed by atoms with van der Waals surface area (Å²) in [6.45, 7) is 0.783. The summed E-state index contributed by atoms with van der Waals surface area (Å²) in [4.78, 5) is 1.15. The highest BCUT2D eigenvalue weighted by Gasteiger charge is 2.21. The molecule has 0 aliphatic carbocycles. The molecular formula is C13H14BrN3OS. The summed E-state index contributed by atoms with van der Waals surface area (Å²) in [5.74, 6) is 1.06. The van der Waals surface area contributed by atoms with Gasteiger partial charge in [-0.15, -0.1) is 5.10 Å². The number of nitrogens with one attached hydrogen (secondary N) is 1. The smallest absolute Gasteiger partial charge is 0.125 e. The molecule has 2 heterocycles. The summed E-state index contributed by atoms with van der Waals surface area (Å²) in [5.41, 5.74) is 2.52. The zero-order chi connectivity index (χ0) is 13.2. The third-order valence-electron chi connectivity index (χ3n) is 3.32. The lowest BCUT2D eigenvalue weighted by atomic mass is 10.0. The molecule has 0 saturated heterocycles. The van der Waals surface area contributed by atoms with Crippen LogP contribution in [0.5, 0.6) is 5.75 Å². The second-order valence-corrected chi connectivity index (χ2v) is 6.25. The number of nitrogens with zero attached hydrogens (tertiary/aromatic N) is 2. The molecule has 0 fully saturated rings. The van der Waals surface area contributed by atoms with Crippen LogP contribution in [0.3, 0.4) is 0 Å². The lowest BCUT2D eigenvalue weighted by molar-refractivity contribution is 0.352. The summed E-state index contributed by atoms with van der Waals surface area (Å²) in [6.07, 6.45) is 3.70. The number of likely N-dealkylation sites (N-methyl/N-ethyl adjacent to an activating group) is 1. The van der Waals surface area contributed by atoms with Crippen LogP contribution in [0.25, 0.3) is 0 Å². The van der Waals surface area contributed by atoms with Crippen LogP contribution >= 0.6 is 27.5 Å². The maximum atomic E-state index is 5.77. The lowest BCUT2D eigenvalue weighted by Gasteiger charge is -2.16. The molecule has 1 unspecified atom stereocenters. The molecule has 4 nitrogen and oxygen atoms in total. The van der Waals surface area contributed by atoms with Crippen molar-refractivity contribution >= 4 is 27.5 Å². The molecular weight excluding hydrogens is 326 g/mol. The Hall–Kier alpha value is -0.980. The second kappa shape index (κ2) is 5.56. The Morgan fingerprint density at radius 2 is 2.42 bits per heavy atom. The van der Waals surface area contributed by atoms with E-state index in [-0.39, 0.29) is 6.04 Å². The molecule has 100 valence electrons. The molecule has 2 aromatic rings. The van der Waals surface area contributed by atoms with E-state index in [1.54, 1.807) is 0 Å². The maximum Gasteiger partial charge on any atom is 0.125 e. The first kappa shape index (κ1) is 13.0. The normalized spacial score (nSPS) is 15.1. The van der Waals surface area contributed by atoms with Gasteiger partial charge in [-0.2, -0.15) is 0 Å². The SMILES string of the molecule is CNC(Cc1cc(Br)cc2c1OCC2)c1cnns1. The van der Waals surface area contributed by atoms with E-state index in [4.69, 9.17) is 4.74 Å². The van der Waals surface area contributed by atoms with Crippen LogP contribution in [0.4, 0.5) is 0 Å². The Balaban J connectivity index is 1.90. The molecule has 0 radical (unpaired) electrons. The average molecular weight is 340 g/mol. The fraction of sp³-hybridized carbons (Fsp3) is 0.385. The average Bonchev–Trinajstić information content (AvgIpc) is 3.05. The number of ether oxygens (including phenoxy) is 1. The van der Waals surface area contributed by atoms with Gasteiger partial charge in [-0.1, -0.05) is 20.4 Å². The van der Waals surface area contributed by atoms with Crippen LogP contribution < -0.4 is 10.1 Å². The number of hydrogen-bond donors (Lipinski definition) is 1. The van der Waals surface area contributed by atoms with E-state index in [2.05, 4.69) is 43.0 Å². The Kier molecular flexibility index (Phi) is 3.81. The highest BCUT2D eigenvalue weighted by molar-refractivity contribution is 9.10. The molecule has 19 heavy (non-hydrogen) atoms. The highest BCUT2D eigenvalue weighted by Crippen LogP contribution is 2.35. The third-order valence-corrected chi connectivity index (χ3v) is 4.55. The molecule has 0 bridgehead atoms. The molecule has 1 aliphatic heterocycles. The fourth-order valence-electron chi connectivity index (χ4n) is 2.39. The van der Waals surface area contributed by atoms with E-state index >= 15 is 0 Å². The Bertz CT molecular complexity index is 574. The summed E-state index contributed by atoms with van der Waals surface area (Å²) in [5, 5.41) is 7.23. The number of benzene rings is 1. The number of hydrogen-bond acceptors (Lipinski definition) is 5. The first-order chi connectivity index (χ1) is 9.28. The van der Waals surface area contributed by atoms with Crippen LogP contribution in [0, 0.1) is 0 Å². The van der Waals surface area contributed by atoms with E-state index in [9.17, 15) is 0 Å². The van der Waals surface area contributed by atoms with Crippen molar-refractivity contribution in [2.24, 2.45) is 0 Å². The van der Waals surface area contributed by atoms with Gasteiger partial charge in [-0.25, -0.2) is 0 Å². The summed E-state index contributed by atoms with van der Waals surface area (Å²) >= 11 is 5.01. The van der Waals surface area contributed by atoms with Crippen molar-refractivity contribution in [1.29, 1.82) is 0 Å². The Labute approximate surface area is 124 Å². The van der Waals surface area contributed by atoms with E-state index in [1.807, 2.05) is 13.2 Å². The van der Waals surface area contributed by atoms with Crippen molar-refractivity contribution in [1.82, 2.24) is 14.9 Å². The van der Waals surface area contributed by atoms with Crippen molar-refractivity contribution in [2.45, 2.75) is 18.9 Å². The van der Waals surface area contributed by atoms with Gasteiger partial charge < -0.3 is 10.1 Å². The van der Waals surface area contributed by atoms with Gasteiger partial charge in [0.1, 0.15) is 5.75 Å². The number of halogens is 1. The van der Waals surface area contributed by atoms with E-state index in [0.717, 1.165) is 34.5 Å². The van der Waals surface area contributed by atoms with Crippen LogP contribution in [0.2, 0.25) is 0 Å². The van der Waals surface area contributed by atoms with Crippen LogP contribution in [0.15, 0.2) is 22.8 Å².